The van der Waals surface area contributed by atoms with E-state index in [0.717, 1.165) is 18.3 Å². The van der Waals surface area contributed by atoms with E-state index in [0.29, 0.717) is 0 Å². The van der Waals surface area contributed by atoms with Gasteiger partial charge in [-0.1, -0.05) is 12.1 Å². The van der Waals surface area contributed by atoms with Crippen molar-refractivity contribution in [3.8, 4) is 5.75 Å². The van der Waals surface area contributed by atoms with Crippen LogP contribution in [-0.4, -0.2) is 16.2 Å². The molecule has 8 heteroatoms. The molecule has 19 heavy (non-hydrogen) atoms. The highest BCUT2D eigenvalue weighted by Crippen LogP contribution is 2.35. The molecule has 2 aromatic rings. The average molecular weight is 272 g/mol. The molecule has 0 aliphatic rings. The van der Waals surface area contributed by atoms with Crippen LogP contribution in [0.5, 0.6) is 5.75 Å². The van der Waals surface area contributed by atoms with Gasteiger partial charge in [-0.2, -0.15) is 18.3 Å². The number of carbonyl (C=O) groups excluding carboxylic acids is 1. The first-order valence-corrected chi connectivity index (χ1v) is 5.02. The molecule has 0 amide bonds. The lowest BCUT2D eigenvalue weighted by atomic mass is 10.2. The molecule has 0 aliphatic carbocycles. The van der Waals surface area contributed by atoms with Gasteiger partial charge in [0.05, 0.1) is 6.20 Å². The van der Waals surface area contributed by atoms with Gasteiger partial charge in [0.2, 0.25) is 0 Å². The van der Waals surface area contributed by atoms with Gasteiger partial charge in [0, 0.05) is 6.20 Å². The first-order chi connectivity index (χ1) is 8.98. The first-order valence-electron chi connectivity index (χ1n) is 5.02. The summed E-state index contributed by atoms with van der Waals surface area (Å²) in [5.74, 6) is -1.54. The molecule has 2 rings (SSSR count). The Kier molecular flexibility index (Phi) is 3.41. The Morgan fingerprint density at radius 2 is 2.00 bits per heavy atom. The molecule has 0 saturated heterocycles. The number of H-pyrrole nitrogens is 1. The molecule has 0 bridgehead atoms. The lowest BCUT2D eigenvalue weighted by molar-refractivity contribution is -0.167. The van der Waals surface area contributed by atoms with Crippen LogP contribution in [0.4, 0.5) is 13.2 Å². The van der Waals surface area contributed by atoms with Crippen LogP contribution in [0, 0.1) is 0 Å². The normalized spacial score (nSPS) is 11.1. The number of nitrogens with zero attached hydrogens (tertiary/aromatic N) is 1. The maximum absolute atomic E-state index is 12.6. The van der Waals surface area contributed by atoms with Gasteiger partial charge >= 0.3 is 12.1 Å². The minimum atomic E-state index is -4.60. The highest BCUT2D eigenvalue weighted by molar-refractivity contribution is 5.88. The van der Waals surface area contributed by atoms with Crippen LogP contribution in [0.3, 0.4) is 0 Å². The van der Waals surface area contributed by atoms with Crippen LogP contribution < -0.4 is 4.89 Å². The number of nitrogens with one attached hydrogen (secondary N) is 1. The summed E-state index contributed by atoms with van der Waals surface area (Å²) in [6, 6.07) is 4.40. The fraction of sp³-hybridized carbons (Fsp3) is 0.0909. The lowest BCUT2D eigenvalue weighted by Crippen LogP contribution is -2.12. The van der Waals surface area contributed by atoms with Crippen molar-refractivity contribution in [1.82, 2.24) is 10.2 Å². The van der Waals surface area contributed by atoms with Gasteiger partial charge in [0.25, 0.3) is 0 Å². The third kappa shape index (κ3) is 3.03. The largest absolute Gasteiger partial charge is 0.420 e. The Morgan fingerprint density at radius 1 is 1.26 bits per heavy atom. The van der Waals surface area contributed by atoms with E-state index < -0.39 is 23.5 Å². The van der Waals surface area contributed by atoms with E-state index in [1.807, 2.05) is 0 Å². The SMILES string of the molecule is O=C(OOc1ccccc1C(F)(F)F)c1cn[nH]c1. The molecule has 1 heterocycles. The van der Waals surface area contributed by atoms with Gasteiger partial charge in [-0.15, -0.1) is 0 Å². The Hall–Kier alpha value is -2.51. The van der Waals surface area contributed by atoms with E-state index in [1.165, 1.54) is 18.3 Å². The van der Waals surface area contributed by atoms with Crippen molar-refractivity contribution < 1.29 is 27.7 Å². The Labute approximate surface area is 104 Å². The standard InChI is InChI=1S/C11H7F3N2O3/c12-11(13,14)8-3-1-2-4-9(8)18-19-10(17)7-5-15-16-6-7/h1-6H,(H,15,16). The van der Waals surface area contributed by atoms with Crippen molar-refractivity contribution in [3.63, 3.8) is 0 Å². The topological polar surface area (TPSA) is 64.2 Å². The van der Waals surface area contributed by atoms with Gasteiger partial charge < -0.3 is 0 Å². The third-order valence-corrected chi connectivity index (χ3v) is 2.13. The average Bonchev–Trinajstić information content (AvgIpc) is 2.89. The molecule has 1 aromatic carbocycles. The number of carbonyl (C=O) groups is 1. The summed E-state index contributed by atoms with van der Waals surface area (Å²) in [6.07, 6.45) is -2.22. The van der Waals surface area contributed by atoms with Crippen molar-refractivity contribution in [2.45, 2.75) is 6.18 Å². The Balaban J connectivity index is 2.10. The molecule has 0 radical (unpaired) electrons. The predicted molar refractivity (Wildman–Crippen MR) is 56.1 cm³/mol. The van der Waals surface area contributed by atoms with E-state index in [9.17, 15) is 18.0 Å². The fourth-order valence-electron chi connectivity index (χ4n) is 1.27. The number of halogens is 3. The summed E-state index contributed by atoms with van der Waals surface area (Å²) in [6.45, 7) is 0. The summed E-state index contributed by atoms with van der Waals surface area (Å²) in [5.41, 5.74) is -1.00. The van der Waals surface area contributed by atoms with E-state index in [4.69, 9.17) is 0 Å². The molecule has 0 aliphatic heterocycles. The van der Waals surface area contributed by atoms with Crippen LogP contribution in [0.1, 0.15) is 15.9 Å². The molecule has 0 spiro atoms. The Bertz CT molecular complexity index is 567. The number of aromatic nitrogens is 2. The number of aromatic amines is 1. The molecule has 0 atom stereocenters. The summed E-state index contributed by atoms with van der Waals surface area (Å²) >= 11 is 0. The quantitative estimate of drug-likeness (QED) is 0.689. The summed E-state index contributed by atoms with van der Waals surface area (Å²) < 4.78 is 37.8. The van der Waals surface area contributed by atoms with Crippen LogP contribution in [0.15, 0.2) is 36.7 Å². The number of benzene rings is 1. The molecule has 1 aromatic heterocycles. The van der Waals surface area contributed by atoms with Crippen molar-refractivity contribution in [2.24, 2.45) is 0 Å². The summed E-state index contributed by atoms with van der Waals surface area (Å²) in [4.78, 5) is 20.1. The van der Waals surface area contributed by atoms with Crippen LogP contribution >= 0.6 is 0 Å². The number of para-hydroxylation sites is 1. The smallest absolute Gasteiger partial charge is 0.286 e. The van der Waals surface area contributed by atoms with E-state index in [2.05, 4.69) is 20.0 Å². The lowest BCUT2D eigenvalue weighted by Gasteiger charge is -2.11. The third-order valence-electron chi connectivity index (χ3n) is 2.13. The van der Waals surface area contributed by atoms with Crippen LogP contribution in [0.2, 0.25) is 0 Å². The molecular formula is C11H7F3N2O3. The van der Waals surface area contributed by atoms with Crippen molar-refractivity contribution >= 4 is 5.97 Å². The van der Waals surface area contributed by atoms with Crippen molar-refractivity contribution in [3.05, 3.63) is 47.8 Å². The zero-order valence-electron chi connectivity index (χ0n) is 9.27. The van der Waals surface area contributed by atoms with Crippen molar-refractivity contribution in [1.29, 1.82) is 0 Å². The first kappa shape index (κ1) is 12.9. The maximum atomic E-state index is 12.6. The zero-order chi connectivity index (χ0) is 13.9. The molecule has 0 saturated carbocycles. The number of alkyl halides is 3. The van der Waals surface area contributed by atoms with Crippen LogP contribution in [-0.2, 0) is 11.1 Å². The van der Waals surface area contributed by atoms with E-state index in [-0.39, 0.29) is 5.56 Å². The van der Waals surface area contributed by atoms with E-state index in [1.54, 1.807) is 0 Å². The fourth-order valence-corrected chi connectivity index (χ4v) is 1.27. The molecule has 100 valence electrons. The second-order valence-corrected chi connectivity index (χ2v) is 3.44. The highest BCUT2D eigenvalue weighted by Gasteiger charge is 2.34. The van der Waals surface area contributed by atoms with Gasteiger partial charge in [0.1, 0.15) is 11.1 Å². The summed E-state index contributed by atoms with van der Waals surface area (Å²) in [7, 11) is 0. The Morgan fingerprint density at radius 3 is 2.63 bits per heavy atom. The van der Waals surface area contributed by atoms with Gasteiger partial charge in [-0.3, -0.25) is 9.99 Å². The highest BCUT2D eigenvalue weighted by atomic mass is 19.4. The van der Waals surface area contributed by atoms with Gasteiger partial charge in [-0.05, 0) is 12.1 Å². The number of rotatable bonds is 3. The maximum Gasteiger partial charge on any atom is 0.420 e. The second-order valence-electron chi connectivity index (χ2n) is 3.44. The molecule has 0 unspecified atom stereocenters. The van der Waals surface area contributed by atoms with E-state index >= 15 is 0 Å². The number of hydrogen-bond acceptors (Lipinski definition) is 4. The summed E-state index contributed by atoms with van der Waals surface area (Å²) in [5, 5.41) is 5.85. The molecular weight excluding hydrogens is 265 g/mol. The molecule has 0 fully saturated rings. The van der Waals surface area contributed by atoms with Crippen molar-refractivity contribution in [2.75, 3.05) is 0 Å². The second kappa shape index (κ2) is 5.01. The predicted octanol–water partition coefficient (Wildman–Crippen LogP) is 2.58. The number of hydrogen-bond donors (Lipinski definition) is 1. The van der Waals surface area contributed by atoms with Crippen LogP contribution in [0.25, 0.3) is 0 Å². The molecule has 1 N–H and O–H groups in total. The van der Waals surface area contributed by atoms with Gasteiger partial charge in [-0.25, -0.2) is 9.68 Å². The zero-order valence-corrected chi connectivity index (χ0v) is 9.27. The minimum Gasteiger partial charge on any atom is -0.286 e. The molecule has 5 nitrogen and oxygen atoms in total. The minimum absolute atomic E-state index is 0.0319. The monoisotopic (exact) mass is 272 g/mol. The van der Waals surface area contributed by atoms with Gasteiger partial charge in [0.15, 0.2) is 5.75 Å².